The van der Waals surface area contributed by atoms with E-state index in [0.29, 0.717) is 5.69 Å². The Morgan fingerprint density at radius 1 is 1.04 bits per heavy atom. The van der Waals surface area contributed by atoms with Crippen molar-refractivity contribution in [2.24, 2.45) is 0 Å². The van der Waals surface area contributed by atoms with Gasteiger partial charge in [0, 0.05) is 11.1 Å². The van der Waals surface area contributed by atoms with Gasteiger partial charge in [-0.1, -0.05) is 24.3 Å². The van der Waals surface area contributed by atoms with Crippen LogP contribution < -0.4 is 16.0 Å². The molecule has 3 amide bonds. The fourth-order valence-electron chi connectivity index (χ4n) is 2.17. The van der Waals surface area contributed by atoms with E-state index in [2.05, 4.69) is 20.9 Å². The Morgan fingerprint density at radius 3 is 2.62 bits per heavy atom. The first kappa shape index (κ1) is 17.6. The third kappa shape index (κ3) is 4.42. The molecule has 3 rings (SSSR count). The minimum absolute atomic E-state index is 0.0669. The highest BCUT2D eigenvalue weighted by molar-refractivity contribution is 7.14. The fraction of sp³-hybridized carbons (Fsp3) is 0.0556. The lowest BCUT2D eigenvalue weighted by Crippen LogP contribution is -2.19. The molecule has 0 atom stereocenters. The van der Waals surface area contributed by atoms with E-state index in [-0.39, 0.29) is 16.5 Å². The van der Waals surface area contributed by atoms with Crippen LogP contribution in [0, 0.1) is 12.7 Å². The number of hydrogen-bond donors (Lipinski definition) is 3. The maximum atomic E-state index is 13.6. The molecule has 0 fully saturated rings. The number of hydrogen-bond acceptors (Lipinski definition) is 4. The van der Waals surface area contributed by atoms with Crippen LogP contribution in [-0.2, 0) is 0 Å². The van der Waals surface area contributed by atoms with Gasteiger partial charge in [-0.15, -0.1) is 11.3 Å². The molecule has 0 saturated heterocycles. The van der Waals surface area contributed by atoms with Gasteiger partial charge in [0.25, 0.3) is 5.91 Å². The summed E-state index contributed by atoms with van der Waals surface area (Å²) in [5.74, 6) is -1.09. The Labute approximate surface area is 153 Å². The van der Waals surface area contributed by atoms with Gasteiger partial charge >= 0.3 is 6.03 Å². The molecule has 1 heterocycles. The first-order valence-corrected chi connectivity index (χ1v) is 8.55. The standard InChI is InChI=1S/C18H15FN4O2S/c1-11-5-4-6-12(9-11)20-17(25)23-18-22-15(10-26-18)16(24)21-14-8-3-2-7-13(14)19/h2-10H,1H3,(H,21,24)(H2,20,22,23,25). The summed E-state index contributed by atoms with van der Waals surface area (Å²) < 4.78 is 13.6. The van der Waals surface area contributed by atoms with E-state index >= 15 is 0 Å². The number of nitrogens with zero attached hydrogens (tertiary/aromatic N) is 1. The minimum Gasteiger partial charge on any atom is -0.318 e. The summed E-state index contributed by atoms with van der Waals surface area (Å²) in [5, 5.41) is 9.43. The van der Waals surface area contributed by atoms with Crippen molar-refractivity contribution in [3.8, 4) is 0 Å². The lowest BCUT2D eigenvalue weighted by atomic mass is 10.2. The van der Waals surface area contributed by atoms with E-state index in [9.17, 15) is 14.0 Å². The van der Waals surface area contributed by atoms with E-state index in [1.54, 1.807) is 12.1 Å². The fourth-order valence-corrected chi connectivity index (χ4v) is 2.85. The maximum absolute atomic E-state index is 13.6. The largest absolute Gasteiger partial charge is 0.325 e. The average Bonchev–Trinajstić information content (AvgIpc) is 3.05. The van der Waals surface area contributed by atoms with Gasteiger partial charge in [-0.2, -0.15) is 0 Å². The molecule has 0 bridgehead atoms. The maximum Gasteiger partial charge on any atom is 0.325 e. The first-order chi connectivity index (χ1) is 12.5. The number of halogens is 1. The number of aryl methyl sites for hydroxylation is 1. The number of anilines is 3. The van der Waals surface area contributed by atoms with Crippen molar-refractivity contribution < 1.29 is 14.0 Å². The number of benzene rings is 2. The molecule has 0 unspecified atom stereocenters. The number of aromatic nitrogens is 1. The lowest BCUT2D eigenvalue weighted by molar-refractivity contribution is 0.102. The first-order valence-electron chi connectivity index (χ1n) is 7.67. The Hall–Kier alpha value is -3.26. The van der Waals surface area contributed by atoms with Gasteiger partial charge in [0.1, 0.15) is 11.5 Å². The Bertz CT molecular complexity index is 958. The van der Waals surface area contributed by atoms with Gasteiger partial charge in [0.05, 0.1) is 5.69 Å². The van der Waals surface area contributed by atoms with Crippen LogP contribution in [0.4, 0.5) is 25.7 Å². The molecule has 6 nitrogen and oxygen atoms in total. The predicted octanol–water partition coefficient (Wildman–Crippen LogP) is 4.49. The van der Waals surface area contributed by atoms with Crippen molar-refractivity contribution in [3.63, 3.8) is 0 Å². The number of urea groups is 1. The van der Waals surface area contributed by atoms with Gasteiger partial charge < -0.3 is 10.6 Å². The summed E-state index contributed by atoms with van der Waals surface area (Å²) >= 11 is 1.10. The smallest absolute Gasteiger partial charge is 0.318 e. The van der Waals surface area contributed by atoms with Gasteiger partial charge in [-0.25, -0.2) is 14.2 Å². The van der Waals surface area contributed by atoms with Crippen LogP contribution in [0.3, 0.4) is 0 Å². The van der Waals surface area contributed by atoms with Gasteiger partial charge in [0.15, 0.2) is 5.13 Å². The summed E-state index contributed by atoms with van der Waals surface area (Å²) in [7, 11) is 0. The van der Waals surface area contributed by atoms with Crippen molar-refractivity contribution in [2.45, 2.75) is 6.92 Å². The molecular formula is C18H15FN4O2S. The zero-order valence-electron chi connectivity index (χ0n) is 13.7. The quantitative estimate of drug-likeness (QED) is 0.633. The topological polar surface area (TPSA) is 83.1 Å². The van der Waals surface area contributed by atoms with E-state index in [1.165, 1.54) is 23.6 Å². The number of carbonyl (C=O) groups excluding carboxylic acids is 2. The monoisotopic (exact) mass is 370 g/mol. The van der Waals surface area contributed by atoms with Crippen LogP contribution in [0.1, 0.15) is 16.1 Å². The molecule has 1 aromatic heterocycles. The molecule has 0 aliphatic heterocycles. The molecule has 0 aliphatic rings. The lowest BCUT2D eigenvalue weighted by Gasteiger charge is -2.06. The second-order valence-corrected chi connectivity index (χ2v) is 6.28. The number of amides is 3. The molecule has 132 valence electrons. The van der Waals surface area contributed by atoms with Crippen molar-refractivity contribution in [1.82, 2.24) is 4.98 Å². The zero-order chi connectivity index (χ0) is 18.5. The number of para-hydroxylation sites is 1. The van der Waals surface area contributed by atoms with Gasteiger partial charge in [-0.3, -0.25) is 10.1 Å². The summed E-state index contributed by atoms with van der Waals surface area (Å²) in [5.41, 5.74) is 1.82. The second kappa shape index (κ2) is 7.75. The third-order valence-corrected chi connectivity index (χ3v) is 4.11. The molecule has 8 heteroatoms. The van der Waals surface area contributed by atoms with Crippen LogP contribution in [0.25, 0.3) is 0 Å². The van der Waals surface area contributed by atoms with E-state index in [0.717, 1.165) is 16.9 Å². The van der Waals surface area contributed by atoms with Gasteiger partial charge in [0.2, 0.25) is 0 Å². The van der Waals surface area contributed by atoms with Crippen molar-refractivity contribution in [3.05, 3.63) is 71.0 Å². The summed E-state index contributed by atoms with van der Waals surface area (Å²) in [4.78, 5) is 28.2. The number of rotatable bonds is 4. The molecular weight excluding hydrogens is 355 g/mol. The van der Waals surface area contributed by atoms with Crippen LogP contribution in [0.5, 0.6) is 0 Å². The van der Waals surface area contributed by atoms with E-state index < -0.39 is 17.8 Å². The van der Waals surface area contributed by atoms with Gasteiger partial charge in [-0.05, 0) is 36.8 Å². The summed E-state index contributed by atoms with van der Waals surface area (Å²) in [6.45, 7) is 1.92. The Balaban J connectivity index is 1.61. The van der Waals surface area contributed by atoms with Crippen LogP contribution in [0.15, 0.2) is 53.9 Å². The van der Waals surface area contributed by atoms with Crippen molar-refractivity contribution in [2.75, 3.05) is 16.0 Å². The normalized spacial score (nSPS) is 10.2. The molecule has 0 saturated carbocycles. The van der Waals surface area contributed by atoms with Crippen molar-refractivity contribution in [1.29, 1.82) is 0 Å². The minimum atomic E-state index is -0.557. The van der Waals surface area contributed by atoms with Crippen LogP contribution in [-0.4, -0.2) is 16.9 Å². The Kier molecular flexibility index (Phi) is 5.23. The molecule has 3 aromatic rings. The van der Waals surface area contributed by atoms with Crippen molar-refractivity contribution >= 4 is 39.8 Å². The molecule has 3 N–H and O–H groups in total. The Morgan fingerprint density at radius 2 is 1.85 bits per heavy atom. The molecule has 0 radical (unpaired) electrons. The molecule has 0 spiro atoms. The highest BCUT2D eigenvalue weighted by Gasteiger charge is 2.14. The van der Waals surface area contributed by atoms with Crippen LogP contribution in [0.2, 0.25) is 0 Å². The second-order valence-electron chi connectivity index (χ2n) is 5.42. The van der Waals surface area contributed by atoms with E-state index in [1.807, 2.05) is 25.1 Å². The average molecular weight is 370 g/mol. The van der Waals surface area contributed by atoms with Crippen LogP contribution >= 0.6 is 11.3 Å². The number of nitrogens with one attached hydrogen (secondary N) is 3. The molecule has 0 aliphatic carbocycles. The number of carbonyl (C=O) groups is 2. The molecule has 2 aromatic carbocycles. The SMILES string of the molecule is Cc1cccc(NC(=O)Nc2nc(C(=O)Nc3ccccc3F)cs2)c1. The highest BCUT2D eigenvalue weighted by atomic mass is 32.1. The number of thiazole rings is 1. The third-order valence-electron chi connectivity index (χ3n) is 3.36. The summed E-state index contributed by atoms with van der Waals surface area (Å²) in [6, 6.07) is 12.7. The summed E-state index contributed by atoms with van der Waals surface area (Å²) in [6.07, 6.45) is 0. The highest BCUT2D eigenvalue weighted by Crippen LogP contribution is 2.19. The predicted molar refractivity (Wildman–Crippen MR) is 100 cm³/mol. The zero-order valence-corrected chi connectivity index (χ0v) is 14.6. The van der Waals surface area contributed by atoms with E-state index in [4.69, 9.17) is 0 Å². The molecule has 26 heavy (non-hydrogen) atoms.